The van der Waals surface area contributed by atoms with Gasteiger partial charge in [0.1, 0.15) is 0 Å². The second-order valence-corrected chi connectivity index (χ2v) is 5.27. The van der Waals surface area contributed by atoms with E-state index in [1.165, 1.54) is 12.8 Å². The summed E-state index contributed by atoms with van der Waals surface area (Å²) in [4.78, 5) is 11.7. The smallest absolute Gasteiger partial charge is 0.234 e. The number of carbonyl (C=O) groups excluding carboxylic acids is 1. The fraction of sp³-hybridized carbons (Fsp3) is 0.562. The minimum atomic E-state index is 0. The van der Waals surface area contributed by atoms with Crippen molar-refractivity contribution in [3.63, 3.8) is 0 Å². The fourth-order valence-electron chi connectivity index (χ4n) is 2.07. The highest BCUT2D eigenvalue weighted by Gasteiger charge is 2.20. The number of amides is 1. The molecular weight excluding hydrogens is 304 g/mol. The van der Waals surface area contributed by atoms with Crippen molar-refractivity contribution < 1.29 is 14.3 Å². The monoisotopic (exact) mass is 328 g/mol. The van der Waals surface area contributed by atoms with E-state index in [0.29, 0.717) is 25.4 Å². The molecule has 1 aliphatic rings. The van der Waals surface area contributed by atoms with Crippen molar-refractivity contribution in [2.75, 3.05) is 26.8 Å². The summed E-state index contributed by atoms with van der Waals surface area (Å²) in [6, 6.07) is 5.70. The van der Waals surface area contributed by atoms with Gasteiger partial charge in [0.05, 0.1) is 20.3 Å². The third-order valence-corrected chi connectivity index (χ3v) is 3.43. The highest BCUT2D eigenvalue weighted by atomic mass is 35.5. The molecule has 1 amide bonds. The third-order valence-electron chi connectivity index (χ3n) is 3.43. The number of hydrogen-bond donors (Lipinski definition) is 2. The second kappa shape index (κ2) is 9.54. The van der Waals surface area contributed by atoms with Crippen LogP contribution >= 0.6 is 12.4 Å². The molecule has 0 heterocycles. The zero-order valence-electron chi connectivity index (χ0n) is 13.2. The molecule has 0 saturated heterocycles. The van der Waals surface area contributed by atoms with Crippen LogP contribution in [0.1, 0.15) is 25.3 Å². The number of carbonyl (C=O) groups is 1. The normalized spacial score (nSPS) is 13.2. The van der Waals surface area contributed by atoms with Crippen molar-refractivity contribution in [2.24, 2.45) is 5.92 Å². The van der Waals surface area contributed by atoms with Crippen molar-refractivity contribution in [3.8, 4) is 11.5 Å². The summed E-state index contributed by atoms with van der Waals surface area (Å²) < 4.78 is 10.8. The highest BCUT2D eigenvalue weighted by Crippen LogP contribution is 2.28. The molecule has 1 fully saturated rings. The van der Waals surface area contributed by atoms with Gasteiger partial charge in [0, 0.05) is 6.54 Å². The molecule has 0 bridgehead atoms. The number of ether oxygens (including phenoxy) is 2. The zero-order chi connectivity index (χ0) is 15.1. The standard InChI is InChI=1S/C16H24N2O3.ClH/c1-3-21-14-7-6-13(8-15(14)20-2)10-18-16(19)11-17-9-12-4-5-12;/h6-8,12,17H,3-5,9-11H2,1-2H3,(H,18,19);1H. The van der Waals surface area contributed by atoms with Gasteiger partial charge in [0.25, 0.3) is 0 Å². The minimum absolute atomic E-state index is 0. The van der Waals surface area contributed by atoms with Gasteiger partial charge in [0.2, 0.25) is 5.91 Å². The Labute approximate surface area is 138 Å². The predicted octanol–water partition coefficient (Wildman–Crippen LogP) is 2.13. The number of methoxy groups -OCH3 is 1. The summed E-state index contributed by atoms with van der Waals surface area (Å²) in [6.07, 6.45) is 2.58. The van der Waals surface area contributed by atoms with Gasteiger partial charge >= 0.3 is 0 Å². The summed E-state index contributed by atoms with van der Waals surface area (Å²) in [7, 11) is 1.61. The molecular formula is C16H25ClN2O3. The SMILES string of the molecule is CCOc1ccc(CNC(=O)CNCC2CC2)cc1OC.Cl. The van der Waals surface area contributed by atoms with Crippen LogP contribution in [0.15, 0.2) is 18.2 Å². The Balaban J connectivity index is 0.00000242. The average molecular weight is 329 g/mol. The predicted molar refractivity (Wildman–Crippen MR) is 88.9 cm³/mol. The molecule has 124 valence electrons. The highest BCUT2D eigenvalue weighted by molar-refractivity contribution is 5.85. The Morgan fingerprint density at radius 3 is 2.73 bits per heavy atom. The lowest BCUT2D eigenvalue weighted by atomic mass is 10.2. The average Bonchev–Trinajstić information content (AvgIpc) is 3.30. The Morgan fingerprint density at radius 2 is 2.09 bits per heavy atom. The Bertz CT molecular complexity index is 478. The largest absolute Gasteiger partial charge is 0.493 e. The van der Waals surface area contributed by atoms with Crippen LogP contribution in [0, 0.1) is 5.92 Å². The summed E-state index contributed by atoms with van der Waals surface area (Å²) in [6.45, 7) is 4.35. The maximum absolute atomic E-state index is 11.7. The minimum Gasteiger partial charge on any atom is -0.493 e. The molecule has 0 unspecified atom stereocenters. The van der Waals surface area contributed by atoms with Gasteiger partial charge in [-0.1, -0.05) is 6.07 Å². The van der Waals surface area contributed by atoms with Crippen LogP contribution in [-0.4, -0.2) is 32.7 Å². The maximum Gasteiger partial charge on any atom is 0.234 e. The van der Waals surface area contributed by atoms with Gasteiger partial charge in [-0.2, -0.15) is 0 Å². The van der Waals surface area contributed by atoms with Gasteiger partial charge < -0.3 is 20.1 Å². The summed E-state index contributed by atoms with van der Waals surface area (Å²) in [5, 5.41) is 6.07. The first-order valence-electron chi connectivity index (χ1n) is 7.50. The molecule has 6 heteroatoms. The molecule has 0 spiro atoms. The van der Waals surface area contributed by atoms with Crippen LogP contribution in [0.2, 0.25) is 0 Å². The van der Waals surface area contributed by atoms with Gasteiger partial charge in [-0.3, -0.25) is 4.79 Å². The van der Waals surface area contributed by atoms with Gasteiger partial charge in [-0.05, 0) is 49.9 Å². The van der Waals surface area contributed by atoms with Crippen molar-refractivity contribution in [1.29, 1.82) is 0 Å². The van der Waals surface area contributed by atoms with Crippen LogP contribution < -0.4 is 20.1 Å². The molecule has 1 aliphatic carbocycles. The van der Waals surface area contributed by atoms with Crippen molar-refractivity contribution >= 4 is 18.3 Å². The Hall–Kier alpha value is -1.46. The molecule has 0 radical (unpaired) electrons. The molecule has 0 aliphatic heterocycles. The first-order valence-corrected chi connectivity index (χ1v) is 7.50. The van der Waals surface area contributed by atoms with Gasteiger partial charge in [-0.15, -0.1) is 12.4 Å². The maximum atomic E-state index is 11.7. The Kier molecular flexibility index (Phi) is 8.06. The molecule has 2 rings (SSSR count). The van der Waals surface area contributed by atoms with Crippen molar-refractivity contribution in [3.05, 3.63) is 23.8 Å². The lowest BCUT2D eigenvalue weighted by Gasteiger charge is -2.11. The molecule has 0 atom stereocenters. The lowest BCUT2D eigenvalue weighted by Crippen LogP contribution is -2.34. The number of benzene rings is 1. The first kappa shape index (κ1) is 18.6. The Morgan fingerprint density at radius 1 is 1.32 bits per heavy atom. The number of hydrogen-bond acceptors (Lipinski definition) is 4. The summed E-state index contributed by atoms with van der Waals surface area (Å²) in [5.74, 6) is 2.22. The van der Waals surface area contributed by atoms with E-state index in [9.17, 15) is 4.79 Å². The number of rotatable bonds is 9. The topological polar surface area (TPSA) is 59.6 Å². The van der Waals surface area contributed by atoms with E-state index >= 15 is 0 Å². The van der Waals surface area contributed by atoms with Crippen molar-refractivity contribution in [2.45, 2.75) is 26.3 Å². The van der Waals surface area contributed by atoms with E-state index in [4.69, 9.17) is 9.47 Å². The lowest BCUT2D eigenvalue weighted by molar-refractivity contribution is -0.120. The van der Waals surface area contributed by atoms with Gasteiger partial charge in [-0.25, -0.2) is 0 Å². The van der Waals surface area contributed by atoms with Crippen LogP contribution in [0.25, 0.3) is 0 Å². The number of nitrogens with one attached hydrogen (secondary N) is 2. The zero-order valence-corrected chi connectivity index (χ0v) is 14.0. The van der Waals surface area contributed by atoms with E-state index in [-0.39, 0.29) is 18.3 Å². The summed E-state index contributed by atoms with van der Waals surface area (Å²) >= 11 is 0. The van der Waals surface area contributed by atoms with Gasteiger partial charge in [0.15, 0.2) is 11.5 Å². The van der Waals surface area contributed by atoms with E-state index in [1.807, 2.05) is 25.1 Å². The van der Waals surface area contributed by atoms with E-state index in [2.05, 4.69) is 10.6 Å². The van der Waals surface area contributed by atoms with Crippen LogP contribution in [0.3, 0.4) is 0 Å². The molecule has 22 heavy (non-hydrogen) atoms. The fourth-order valence-corrected chi connectivity index (χ4v) is 2.07. The van der Waals surface area contributed by atoms with E-state index < -0.39 is 0 Å². The van der Waals surface area contributed by atoms with Crippen LogP contribution in [0.5, 0.6) is 11.5 Å². The number of halogens is 1. The van der Waals surface area contributed by atoms with Crippen LogP contribution in [-0.2, 0) is 11.3 Å². The molecule has 1 aromatic rings. The molecule has 1 aromatic carbocycles. The molecule has 5 nitrogen and oxygen atoms in total. The second-order valence-electron chi connectivity index (χ2n) is 5.27. The summed E-state index contributed by atoms with van der Waals surface area (Å²) in [5.41, 5.74) is 0.992. The van der Waals surface area contributed by atoms with E-state index in [1.54, 1.807) is 7.11 Å². The van der Waals surface area contributed by atoms with Crippen molar-refractivity contribution in [1.82, 2.24) is 10.6 Å². The quantitative estimate of drug-likeness (QED) is 0.729. The third kappa shape index (κ3) is 6.12. The first-order chi connectivity index (χ1) is 10.2. The molecule has 1 saturated carbocycles. The molecule has 2 N–H and O–H groups in total. The van der Waals surface area contributed by atoms with Crippen LogP contribution in [0.4, 0.5) is 0 Å². The molecule has 0 aromatic heterocycles. The van der Waals surface area contributed by atoms with E-state index in [0.717, 1.165) is 23.8 Å².